The van der Waals surface area contributed by atoms with Crippen LogP contribution in [0.15, 0.2) is 12.4 Å². The maximum Gasteiger partial charge on any atom is 0.256 e. The smallest absolute Gasteiger partial charge is 0.235 e. The van der Waals surface area contributed by atoms with Gasteiger partial charge in [-0.1, -0.05) is 155 Å². The summed E-state index contributed by atoms with van der Waals surface area (Å²) in [5, 5.41) is 0. The minimum Gasteiger partial charge on any atom is -0.235 e. The first kappa shape index (κ1) is 33.2. The van der Waals surface area contributed by atoms with Gasteiger partial charge in [-0.25, -0.2) is 9.13 Å². The molecular formula is C34H67N2+. The van der Waals surface area contributed by atoms with E-state index in [1.807, 2.05) is 0 Å². The van der Waals surface area contributed by atoms with E-state index in [2.05, 4.69) is 42.3 Å². The lowest BCUT2D eigenvalue weighted by atomic mass is 10.0. The zero-order valence-electron chi connectivity index (χ0n) is 25.3. The average Bonchev–Trinajstić information content (AvgIpc) is 3.29. The van der Waals surface area contributed by atoms with Crippen molar-refractivity contribution in [3.8, 4) is 0 Å². The molecule has 0 radical (unpaired) electrons. The Balaban J connectivity index is 2.02. The molecule has 0 amide bonds. The quantitative estimate of drug-likeness (QED) is 0.0794. The summed E-state index contributed by atoms with van der Waals surface area (Å²) >= 11 is 0. The van der Waals surface area contributed by atoms with E-state index in [1.165, 1.54) is 173 Å². The van der Waals surface area contributed by atoms with E-state index in [-0.39, 0.29) is 0 Å². The van der Waals surface area contributed by atoms with E-state index in [1.54, 1.807) is 5.82 Å². The van der Waals surface area contributed by atoms with Crippen LogP contribution in [0.5, 0.6) is 0 Å². The van der Waals surface area contributed by atoms with Gasteiger partial charge in [0.2, 0.25) is 0 Å². The highest BCUT2D eigenvalue weighted by Crippen LogP contribution is 2.14. The highest BCUT2D eigenvalue weighted by molar-refractivity contribution is 4.83. The Bertz CT molecular complexity index is 562. The molecule has 1 aromatic rings. The minimum absolute atomic E-state index is 1.11. The number of unbranched alkanes of at least 4 members (excludes halogenated alkanes) is 23. The second-order valence-corrected chi connectivity index (χ2v) is 11.6. The van der Waals surface area contributed by atoms with Crippen molar-refractivity contribution in [2.45, 2.75) is 201 Å². The molecule has 0 aromatic carbocycles. The van der Waals surface area contributed by atoms with Crippen LogP contribution in [0.25, 0.3) is 0 Å². The Hall–Kier alpha value is -0.790. The fourth-order valence-corrected chi connectivity index (χ4v) is 5.70. The fraction of sp³-hybridized carbons (Fsp3) is 0.912. The third-order valence-electron chi connectivity index (χ3n) is 8.19. The Kier molecular flexibility index (Phi) is 23.9. The number of imidazole rings is 1. The van der Waals surface area contributed by atoms with E-state index >= 15 is 0 Å². The number of aromatic nitrogens is 2. The summed E-state index contributed by atoms with van der Waals surface area (Å²) in [6, 6.07) is 0. The van der Waals surface area contributed by atoms with Crippen molar-refractivity contribution < 1.29 is 4.57 Å². The molecule has 0 aliphatic rings. The van der Waals surface area contributed by atoms with E-state index in [0.29, 0.717) is 0 Å². The van der Waals surface area contributed by atoms with Gasteiger partial charge in [0, 0.05) is 6.42 Å². The maximum atomic E-state index is 2.57. The Morgan fingerprint density at radius 3 is 1.22 bits per heavy atom. The van der Waals surface area contributed by atoms with Crippen molar-refractivity contribution in [2.75, 3.05) is 0 Å². The molecule has 0 saturated carbocycles. The zero-order valence-corrected chi connectivity index (χ0v) is 25.3. The zero-order chi connectivity index (χ0) is 25.9. The summed E-state index contributed by atoms with van der Waals surface area (Å²) in [6.45, 7) is 9.23. The number of hydrogen-bond acceptors (Lipinski definition) is 0. The summed E-state index contributed by atoms with van der Waals surface area (Å²) < 4.78 is 5.06. The maximum absolute atomic E-state index is 2.57. The van der Waals surface area contributed by atoms with E-state index in [0.717, 1.165) is 6.54 Å². The molecule has 36 heavy (non-hydrogen) atoms. The Labute approximate surface area is 228 Å². The van der Waals surface area contributed by atoms with Gasteiger partial charge in [-0.05, 0) is 26.2 Å². The van der Waals surface area contributed by atoms with E-state index in [4.69, 9.17) is 0 Å². The van der Waals surface area contributed by atoms with E-state index in [9.17, 15) is 0 Å². The first-order chi connectivity index (χ1) is 17.8. The largest absolute Gasteiger partial charge is 0.256 e. The summed E-state index contributed by atoms with van der Waals surface area (Å²) in [4.78, 5) is 0. The Morgan fingerprint density at radius 2 is 0.833 bits per heavy atom. The molecule has 0 saturated heterocycles. The van der Waals surface area contributed by atoms with Crippen LogP contribution in [-0.2, 0) is 19.5 Å². The highest BCUT2D eigenvalue weighted by atomic mass is 15.1. The molecule has 0 bridgehead atoms. The summed E-state index contributed by atoms with van der Waals surface area (Å²) in [5.41, 5.74) is 0. The summed E-state index contributed by atoms with van der Waals surface area (Å²) in [7, 11) is 0. The van der Waals surface area contributed by atoms with Gasteiger partial charge in [0.1, 0.15) is 12.4 Å². The molecule has 0 N–H and O–H groups in total. The number of aryl methyl sites for hydroxylation is 2. The molecule has 0 spiro atoms. The first-order valence-electron chi connectivity index (χ1n) is 16.9. The third kappa shape index (κ3) is 18.5. The standard InChI is InChI=1S/C34H67N2/c1-4-7-9-11-13-15-17-18-19-21-23-25-27-29-31-36-33-32-35(6-3)34(36)30-28-26-24-22-20-16-14-12-10-8-5-2/h32-33H,4-31H2,1-3H3/q+1. The van der Waals surface area contributed by atoms with Crippen molar-refractivity contribution in [3.63, 3.8) is 0 Å². The number of nitrogens with zero attached hydrogens (tertiary/aromatic N) is 2. The van der Waals surface area contributed by atoms with Gasteiger partial charge in [0.05, 0.1) is 13.1 Å². The monoisotopic (exact) mass is 504 g/mol. The second-order valence-electron chi connectivity index (χ2n) is 11.6. The predicted octanol–water partition coefficient (Wildman–Crippen LogP) is 11.1. The summed E-state index contributed by atoms with van der Waals surface area (Å²) in [6.07, 6.45) is 41.8. The van der Waals surface area contributed by atoms with Gasteiger partial charge in [-0.3, -0.25) is 0 Å². The molecular weight excluding hydrogens is 436 g/mol. The van der Waals surface area contributed by atoms with Crippen molar-refractivity contribution >= 4 is 0 Å². The minimum atomic E-state index is 1.11. The van der Waals surface area contributed by atoms with E-state index < -0.39 is 0 Å². The Morgan fingerprint density at radius 1 is 0.472 bits per heavy atom. The molecule has 2 nitrogen and oxygen atoms in total. The fourth-order valence-electron chi connectivity index (χ4n) is 5.70. The molecule has 212 valence electrons. The SMILES string of the molecule is CCCCCCCCCCCCCCCC[n+]1ccn(CC)c1CCCCCCCCCCCCC. The normalized spacial score (nSPS) is 11.5. The van der Waals surface area contributed by atoms with Crippen LogP contribution >= 0.6 is 0 Å². The van der Waals surface area contributed by atoms with Crippen molar-refractivity contribution in [2.24, 2.45) is 0 Å². The van der Waals surface area contributed by atoms with Crippen LogP contribution in [-0.4, -0.2) is 4.57 Å². The molecule has 0 fully saturated rings. The lowest BCUT2D eigenvalue weighted by molar-refractivity contribution is -0.704. The van der Waals surface area contributed by atoms with Crippen LogP contribution in [0.1, 0.15) is 187 Å². The molecule has 1 heterocycles. The van der Waals surface area contributed by atoms with Gasteiger partial charge in [0.25, 0.3) is 5.82 Å². The van der Waals surface area contributed by atoms with Gasteiger partial charge in [-0.2, -0.15) is 0 Å². The molecule has 2 heteroatoms. The molecule has 1 aromatic heterocycles. The van der Waals surface area contributed by atoms with Crippen LogP contribution < -0.4 is 4.57 Å². The summed E-state index contributed by atoms with van der Waals surface area (Å²) in [5.74, 6) is 1.57. The first-order valence-corrected chi connectivity index (χ1v) is 16.9. The molecule has 0 aliphatic heterocycles. The van der Waals surface area contributed by atoms with Crippen molar-refractivity contribution in [3.05, 3.63) is 18.2 Å². The van der Waals surface area contributed by atoms with Crippen molar-refractivity contribution in [1.82, 2.24) is 4.57 Å². The molecule has 0 atom stereocenters. The van der Waals surface area contributed by atoms with Crippen LogP contribution in [0, 0.1) is 0 Å². The number of hydrogen-bond donors (Lipinski definition) is 0. The van der Waals surface area contributed by atoms with Gasteiger partial charge >= 0.3 is 0 Å². The van der Waals surface area contributed by atoms with Crippen LogP contribution in [0.3, 0.4) is 0 Å². The third-order valence-corrected chi connectivity index (χ3v) is 8.19. The van der Waals surface area contributed by atoms with Gasteiger partial charge in [-0.15, -0.1) is 0 Å². The van der Waals surface area contributed by atoms with Crippen LogP contribution in [0.4, 0.5) is 0 Å². The lowest BCUT2D eigenvalue weighted by Gasteiger charge is -2.06. The lowest BCUT2D eigenvalue weighted by Crippen LogP contribution is -2.37. The van der Waals surface area contributed by atoms with Gasteiger partial charge < -0.3 is 0 Å². The average molecular weight is 504 g/mol. The second kappa shape index (κ2) is 25.8. The van der Waals surface area contributed by atoms with Crippen LogP contribution in [0.2, 0.25) is 0 Å². The molecule has 0 unspecified atom stereocenters. The van der Waals surface area contributed by atoms with Crippen molar-refractivity contribution in [1.29, 1.82) is 0 Å². The number of rotatable bonds is 28. The van der Waals surface area contributed by atoms with Gasteiger partial charge in [0.15, 0.2) is 0 Å². The highest BCUT2D eigenvalue weighted by Gasteiger charge is 2.15. The topological polar surface area (TPSA) is 8.81 Å². The molecule has 0 aliphatic carbocycles. The molecule has 1 rings (SSSR count). The predicted molar refractivity (Wildman–Crippen MR) is 161 cm³/mol.